The van der Waals surface area contributed by atoms with Gasteiger partial charge in [0.15, 0.2) is 5.65 Å². The van der Waals surface area contributed by atoms with Crippen LogP contribution in [0.5, 0.6) is 0 Å². The Morgan fingerprint density at radius 3 is 2.95 bits per heavy atom. The van der Waals surface area contributed by atoms with Crippen molar-refractivity contribution in [2.45, 2.75) is 36.6 Å². The lowest BCUT2D eigenvalue weighted by atomic mass is 10.2. The van der Waals surface area contributed by atoms with E-state index in [1.165, 1.54) is 5.56 Å². The number of rotatable bonds is 5. The van der Waals surface area contributed by atoms with E-state index in [0.717, 1.165) is 22.4 Å². The normalized spacial score (nSPS) is 11.4. The topological polar surface area (TPSA) is 55.1 Å². The fraction of sp³-hybridized carbons (Fsp3) is 0.267. The van der Waals surface area contributed by atoms with Crippen molar-refractivity contribution >= 4 is 17.4 Å². The van der Waals surface area contributed by atoms with Crippen LogP contribution in [0.25, 0.3) is 5.65 Å². The summed E-state index contributed by atoms with van der Waals surface area (Å²) in [5.74, 6) is 0. The van der Waals surface area contributed by atoms with E-state index in [4.69, 9.17) is 0 Å². The second kappa shape index (κ2) is 6.24. The highest BCUT2D eigenvalue weighted by atomic mass is 32.2. The van der Waals surface area contributed by atoms with Gasteiger partial charge in [-0.2, -0.15) is 0 Å². The lowest BCUT2D eigenvalue weighted by Crippen LogP contribution is -2.22. The monoisotopic (exact) mass is 299 g/mol. The van der Waals surface area contributed by atoms with Crippen molar-refractivity contribution < 1.29 is 0 Å². The Morgan fingerprint density at radius 2 is 2.10 bits per heavy atom. The molecule has 0 amide bonds. The van der Waals surface area contributed by atoms with E-state index in [-0.39, 0.29) is 0 Å². The van der Waals surface area contributed by atoms with Crippen LogP contribution in [0, 0.1) is 0 Å². The Morgan fingerprint density at radius 1 is 1.19 bits per heavy atom. The molecule has 0 aliphatic heterocycles. The summed E-state index contributed by atoms with van der Waals surface area (Å²) in [4.78, 5) is 4.48. The zero-order valence-corrected chi connectivity index (χ0v) is 12.8. The van der Waals surface area contributed by atoms with Crippen LogP contribution in [0.1, 0.15) is 19.4 Å². The lowest BCUT2D eigenvalue weighted by molar-refractivity contribution is 0.582. The first-order chi connectivity index (χ1) is 10.2. The molecule has 0 aromatic carbocycles. The van der Waals surface area contributed by atoms with Crippen LogP contribution >= 0.6 is 11.8 Å². The standard InChI is InChI=1S/C15H17N5S/c1-11(2)17-10-12-6-5-8-16-14(12)21-15-19-18-13-7-3-4-9-20(13)15/h3-9,11,17H,10H2,1-2H3. The van der Waals surface area contributed by atoms with Crippen LogP contribution in [-0.4, -0.2) is 25.6 Å². The molecule has 0 radical (unpaired) electrons. The first-order valence-electron chi connectivity index (χ1n) is 6.89. The molecule has 3 heterocycles. The molecule has 0 spiro atoms. The molecule has 3 rings (SSSR count). The van der Waals surface area contributed by atoms with E-state index in [1.807, 2.05) is 41.1 Å². The predicted molar refractivity (Wildman–Crippen MR) is 83.3 cm³/mol. The van der Waals surface area contributed by atoms with Crippen molar-refractivity contribution in [2.75, 3.05) is 0 Å². The fourth-order valence-electron chi connectivity index (χ4n) is 1.94. The minimum atomic E-state index is 0.442. The highest BCUT2D eigenvalue weighted by molar-refractivity contribution is 7.99. The van der Waals surface area contributed by atoms with Crippen molar-refractivity contribution in [3.8, 4) is 0 Å². The molecule has 0 aliphatic carbocycles. The van der Waals surface area contributed by atoms with Gasteiger partial charge in [-0.25, -0.2) is 4.98 Å². The van der Waals surface area contributed by atoms with E-state index in [1.54, 1.807) is 11.8 Å². The first kappa shape index (κ1) is 14.0. The summed E-state index contributed by atoms with van der Waals surface area (Å²) in [7, 11) is 0. The maximum atomic E-state index is 4.48. The van der Waals surface area contributed by atoms with Crippen LogP contribution in [0.15, 0.2) is 52.9 Å². The number of nitrogens with zero attached hydrogens (tertiary/aromatic N) is 4. The van der Waals surface area contributed by atoms with Crippen molar-refractivity contribution in [1.29, 1.82) is 0 Å². The summed E-state index contributed by atoms with van der Waals surface area (Å²) >= 11 is 1.54. The summed E-state index contributed by atoms with van der Waals surface area (Å²) in [5, 5.41) is 13.6. The fourth-order valence-corrected chi connectivity index (χ4v) is 2.83. The zero-order valence-electron chi connectivity index (χ0n) is 12.0. The van der Waals surface area contributed by atoms with Gasteiger partial charge in [0.1, 0.15) is 5.03 Å². The van der Waals surface area contributed by atoms with Crippen LogP contribution in [0.4, 0.5) is 0 Å². The minimum absolute atomic E-state index is 0.442. The molecule has 6 heteroatoms. The lowest BCUT2D eigenvalue weighted by Gasteiger charge is -2.10. The Labute approximate surface area is 127 Å². The molecule has 108 valence electrons. The number of fused-ring (bicyclic) bond motifs is 1. The van der Waals surface area contributed by atoms with E-state index < -0.39 is 0 Å². The number of nitrogens with one attached hydrogen (secondary N) is 1. The predicted octanol–water partition coefficient (Wildman–Crippen LogP) is 2.77. The Hall–Kier alpha value is -1.92. The smallest absolute Gasteiger partial charge is 0.201 e. The number of aromatic nitrogens is 4. The molecule has 3 aromatic heterocycles. The van der Waals surface area contributed by atoms with E-state index >= 15 is 0 Å². The molecular weight excluding hydrogens is 282 g/mol. The molecule has 5 nitrogen and oxygen atoms in total. The number of pyridine rings is 2. The second-order valence-corrected chi connectivity index (χ2v) is 5.97. The molecule has 0 unspecified atom stereocenters. The van der Waals surface area contributed by atoms with Gasteiger partial charge in [-0.3, -0.25) is 4.40 Å². The van der Waals surface area contributed by atoms with E-state index in [2.05, 4.69) is 40.4 Å². The van der Waals surface area contributed by atoms with Crippen molar-refractivity contribution in [3.63, 3.8) is 0 Å². The van der Waals surface area contributed by atoms with Crippen LogP contribution in [-0.2, 0) is 6.54 Å². The maximum absolute atomic E-state index is 4.48. The third-order valence-electron chi connectivity index (χ3n) is 3.02. The summed E-state index contributed by atoms with van der Waals surface area (Å²) in [6.45, 7) is 5.06. The molecule has 0 saturated heterocycles. The molecule has 0 saturated carbocycles. The van der Waals surface area contributed by atoms with Crippen LogP contribution in [0.2, 0.25) is 0 Å². The molecule has 0 bridgehead atoms. The van der Waals surface area contributed by atoms with Crippen LogP contribution < -0.4 is 5.32 Å². The summed E-state index contributed by atoms with van der Waals surface area (Å²) < 4.78 is 1.97. The average molecular weight is 299 g/mol. The first-order valence-corrected chi connectivity index (χ1v) is 7.70. The van der Waals surface area contributed by atoms with E-state index in [9.17, 15) is 0 Å². The summed E-state index contributed by atoms with van der Waals surface area (Å²) in [5.41, 5.74) is 2.02. The van der Waals surface area contributed by atoms with Gasteiger partial charge >= 0.3 is 0 Å². The molecule has 0 fully saturated rings. The van der Waals surface area contributed by atoms with Crippen molar-refractivity contribution in [3.05, 3.63) is 48.3 Å². The number of hydrogen-bond acceptors (Lipinski definition) is 5. The second-order valence-electron chi connectivity index (χ2n) is 5.02. The summed E-state index contributed by atoms with van der Waals surface area (Å²) in [6.07, 6.45) is 3.77. The zero-order chi connectivity index (χ0) is 14.7. The molecule has 0 aliphatic rings. The molecule has 21 heavy (non-hydrogen) atoms. The molecular formula is C15H17N5S. The molecule has 1 N–H and O–H groups in total. The van der Waals surface area contributed by atoms with Gasteiger partial charge in [0, 0.05) is 25.0 Å². The number of hydrogen-bond donors (Lipinski definition) is 1. The van der Waals surface area contributed by atoms with Crippen molar-refractivity contribution in [2.24, 2.45) is 0 Å². The largest absolute Gasteiger partial charge is 0.310 e. The minimum Gasteiger partial charge on any atom is -0.310 e. The summed E-state index contributed by atoms with van der Waals surface area (Å²) in [6, 6.07) is 10.4. The molecule has 3 aromatic rings. The quantitative estimate of drug-likeness (QED) is 0.785. The molecule has 0 atom stereocenters. The Balaban J connectivity index is 1.87. The van der Waals surface area contributed by atoms with Gasteiger partial charge in [-0.15, -0.1) is 10.2 Å². The van der Waals surface area contributed by atoms with Gasteiger partial charge in [0.05, 0.1) is 0 Å². The van der Waals surface area contributed by atoms with Crippen molar-refractivity contribution in [1.82, 2.24) is 24.9 Å². The SMILES string of the molecule is CC(C)NCc1cccnc1Sc1nnc2ccccn12. The average Bonchev–Trinajstić information content (AvgIpc) is 2.90. The van der Waals surface area contributed by atoms with Crippen LogP contribution in [0.3, 0.4) is 0 Å². The Bertz CT molecular complexity index is 738. The van der Waals surface area contributed by atoms with Gasteiger partial charge in [0.25, 0.3) is 0 Å². The van der Waals surface area contributed by atoms with E-state index in [0.29, 0.717) is 6.04 Å². The highest BCUT2D eigenvalue weighted by Crippen LogP contribution is 2.27. The maximum Gasteiger partial charge on any atom is 0.201 e. The Kier molecular flexibility index (Phi) is 4.17. The van der Waals surface area contributed by atoms with Gasteiger partial charge in [-0.1, -0.05) is 26.0 Å². The third-order valence-corrected chi connectivity index (χ3v) is 4.04. The van der Waals surface area contributed by atoms with Gasteiger partial charge < -0.3 is 5.32 Å². The third kappa shape index (κ3) is 3.22. The van der Waals surface area contributed by atoms with Gasteiger partial charge in [0.2, 0.25) is 5.16 Å². The highest BCUT2D eigenvalue weighted by Gasteiger charge is 2.11. The van der Waals surface area contributed by atoms with Gasteiger partial charge in [-0.05, 0) is 35.5 Å².